The number of nitrogens with zero attached hydrogens (tertiary/aromatic N) is 2. The first-order chi connectivity index (χ1) is 13.1. The topological polar surface area (TPSA) is 56.4 Å². The van der Waals surface area contributed by atoms with Gasteiger partial charge >= 0.3 is 0 Å². The number of benzene rings is 1. The maximum atomic E-state index is 12.9. The number of nitrogens with one attached hydrogen (secondary N) is 1. The summed E-state index contributed by atoms with van der Waals surface area (Å²) in [6.07, 6.45) is 3.49. The van der Waals surface area contributed by atoms with Crippen molar-refractivity contribution in [3.05, 3.63) is 35.5 Å². The lowest BCUT2D eigenvalue weighted by molar-refractivity contribution is -0.143. The second-order valence-electron chi connectivity index (χ2n) is 7.75. The highest BCUT2D eigenvalue weighted by molar-refractivity contribution is 5.87. The highest BCUT2D eigenvalue weighted by Gasteiger charge is 2.36. The molecule has 2 amide bonds. The number of aromatic nitrogens is 1. The minimum Gasteiger partial charge on any atom is -0.358 e. The lowest BCUT2D eigenvalue weighted by Crippen LogP contribution is -2.49. The van der Waals surface area contributed by atoms with Gasteiger partial charge in [-0.05, 0) is 49.4 Å². The van der Waals surface area contributed by atoms with Gasteiger partial charge in [0, 0.05) is 49.1 Å². The van der Waals surface area contributed by atoms with Gasteiger partial charge in [0.2, 0.25) is 11.8 Å². The molecule has 2 aliphatic heterocycles. The maximum Gasteiger partial charge on any atom is 0.245 e. The summed E-state index contributed by atoms with van der Waals surface area (Å²) in [6.45, 7) is 3.23. The fourth-order valence-electron chi connectivity index (χ4n) is 4.53. The highest BCUT2D eigenvalue weighted by atomic mass is 19.1. The van der Waals surface area contributed by atoms with E-state index in [1.165, 1.54) is 5.69 Å². The average molecular weight is 371 g/mol. The van der Waals surface area contributed by atoms with Crippen molar-refractivity contribution in [1.29, 1.82) is 0 Å². The van der Waals surface area contributed by atoms with E-state index in [4.69, 9.17) is 0 Å². The molecule has 1 aromatic carbocycles. The number of amides is 2. The minimum absolute atomic E-state index is 0.00791. The molecule has 2 saturated heterocycles. The molecule has 0 spiro atoms. The van der Waals surface area contributed by atoms with Crippen molar-refractivity contribution in [2.24, 2.45) is 0 Å². The molecule has 1 atom stereocenters. The number of alkyl halides is 1. The van der Waals surface area contributed by atoms with Crippen LogP contribution in [-0.4, -0.2) is 52.3 Å². The number of hydrogen-bond donors (Lipinski definition) is 1. The molecule has 1 aromatic heterocycles. The second-order valence-corrected chi connectivity index (χ2v) is 7.75. The Morgan fingerprint density at radius 1 is 1.15 bits per heavy atom. The average Bonchev–Trinajstić information content (AvgIpc) is 3.34. The molecule has 0 saturated carbocycles. The fourth-order valence-corrected chi connectivity index (χ4v) is 4.53. The maximum absolute atomic E-state index is 12.9. The van der Waals surface area contributed by atoms with Crippen LogP contribution >= 0.6 is 0 Å². The lowest BCUT2D eigenvalue weighted by atomic mass is 9.93. The van der Waals surface area contributed by atoms with Crippen LogP contribution in [0.1, 0.15) is 49.8 Å². The zero-order chi connectivity index (χ0) is 19.0. The molecule has 6 heteroatoms. The molecule has 3 heterocycles. The number of carbonyl (C=O) groups excluding carboxylic acids is 2. The monoisotopic (exact) mass is 371 g/mol. The van der Waals surface area contributed by atoms with Crippen molar-refractivity contribution in [2.45, 2.75) is 51.2 Å². The number of halogens is 1. The molecular weight excluding hydrogens is 345 g/mol. The molecule has 0 aliphatic carbocycles. The Labute approximate surface area is 158 Å². The van der Waals surface area contributed by atoms with Gasteiger partial charge in [0.1, 0.15) is 12.7 Å². The van der Waals surface area contributed by atoms with Crippen molar-refractivity contribution < 1.29 is 14.0 Å². The van der Waals surface area contributed by atoms with E-state index in [-0.39, 0.29) is 17.9 Å². The Bertz CT molecular complexity index is 854. The first kappa shape index (κ1) is 18.0. The van der Waals surface area contributed by atoms with Crippen LogP contribution in [0.15, 0.2) is 24.3 Å². The van der Waals surface area contributed by atoms with Crippen LogP contribution in [0.25, 0.3) is 10.9 Å². The molecule has 2 aromatic rings. The van der Waals surface area contributed by atoms with E-state index in [2.05, 4.69) is 11.1 Å². The Hall–Kier alpha value is -2.37. The summed E-state index contributed by atoms with van der Waals surface area (Å²) >= 11 is 0. The van der Waals surface area contributed by atoms with E-state index >= 15 is 0 Å². The Morgan fingerprint density at radius 3 is 2.63 bits per heavy atom. The lowest BCUT2D eigenvalue weighted by Gasteiger charge is -2.35. The predicted octanol–water partition coefficient (Wildman–Crippen LogP) is 3.35. The van der Waals surface area contributed by atoms with Gasteiger partial charge in [0.05, 0.1) is 0 Å². The van der Waals surface area contributed by atoms with Crippen molar-refractivity contribution >= 4 is 22.7 Å². The van der Waals surface area contributed by atoms with Crippen molar-refractivity contribution in [2.75, 3.05) is 19.6 Å². The third kappa shape index (κ3) is 3.45. The van der Waals surface area contributed by atoms with Gasteiger partial charge in [-0.25, -0.2) is 4.39 Å². The van der Waals surface area contributed by atoms with Crippen LogP contribution in [0.4, 0.5) is 4.39 Å². The van der Waals surface area contributed by atoms with E-state index < -0.39 is 6.67 Å². The van der Waals surface area contributed by atoms with E-state index in [0.29, 0.717) is 18.0 Å². The predicted molar refractivity (Wildman–Crippen MR) is 102 cm³/mol. The summed E-state index contributed by atoms with van der Waals surface area (Å²) in [7, 11) is 0. The van der Waals surface area contributed by atoms with Crippen LogP contribution in [0.2, 0.25) is 0 Å². The van der Waals surface area contributed by atoms with Gasteiger partial charge in [-0.3, -0.25) is 9.59 Å². The van der Waals surface area contributed by atoms with Crippen molar-refractivity contribution in [3.63, 3.8) is 0 Å². The van der Waals surface area contributed by atoms with Gasteiger partial charge < -0.3 is 14.8 Å². The van der Waals surface area contributed by atoms with Gasteiger partial charge in [0.25, 0.3) is 0 Å². The highest BCUT2D eigenvalue weighted by Crippen LogP contribution is 2.31. The Kier molecular flexibility index (Phi) is 4.89. The number of carbonyl (C=O) groups is 2. The molecule has 0 bridgehead atoms. The number of fused-ring (bicyclic) bond motifs is 1. The van der Waals surface area contributed by atoms with Gasteiger partial charge in [-0.1, -0.05) is 6.07 Å². The summed E-state index contributed by atoms with van der Waals surface area (Å²) in [6, 6.07) is 7.48. The summed E-state index contributed by atoms with van der Waals surface area (Å²) in [5, 5.41) is 1.04. The molecule has 27 heavy (non-hydrogen) atoms. The molecule has 5 nitrogen and oxygen atoms in total. The summed E-state index contributed by atoms with van der Waals surface area (Å²) in [5.74, 6) is 0.472. The number of H-pyrrole nitrogens is 1. The summed E-state index contributed by atoms with van der Waals surface area (Å²) < 4.78 is 12.9. The molecule has 1 N–H and O–H groups in total. The van der Waals surface area contributed by atoms with Crippen LogP contribution < -0.4 is 0 Å². The number of aromatic amines is 1. The number of rotatable bonds is 3. The zero-order valence-electron chi connectivity index (χ0n) is 15.7. The first-order valence-electron chi connectivity index (χ1n) is 9.80. The standard InChI is InChI=1S/C21H26FN3O2/c1-14(26)25-8-2-3-20(25)21(27)24-9-6-16(7-10-24)19-12-17-11-15(13-22)4-5-18(17)23-19/h4-5,11-12,16,20,23H,2-3,6-10,13H2,1H3/t20-/m1/s1. The molecule has 2 aliphatic rings. The Balaban J connectivity index is 1.41. The third-order valence-corrected chi connectivity index (χ3v) is 6.05. The molecule has 144 valence electrons. The SMILES string of the molecule is CC(=O)N1CCC[C@@H]1C(=O)N1CCC(c2cc3cc(CF)ccc3[nH]2)CC1. The molecule has 2 fully saturated rings. The quantitative estimate of drug-likeness (QED) is 0.900. The Morgan fingerprint density at radius 2 is 1.93 bits per heavy atom. The number of hydrogen-bond acceptors (Lipinski definition) is 2. The van der Waals surface area contributed by atoms with Crippen LogP contribution in [0.3, 0.4) is 0 Å². The third-order valence-electron chi connectivity index (χ3n) is 6.05. The second kappa shape index (κ2) is 7.33. The van der Waals surface area contributed by atoms with Crippen molar-refractivity contribution in [3.8, 4) is 0 Å². The molecular formula is C21H26FN3O2. The zero-order valence-corrected chi connectivity index (χ0v) is 15.7. The first-order valence-corrected chi connectivity index (χ1v) is 9.80. The molecule has 4 rings (SSSR count). The smallest absolute Gasteiger partial charge is 0.245 e. The largest absolute Gasteiger partial charge is 0.358 e. The van der Waals surface area contributed by atoms with Gasteiger partial charge in [-0.15, -0.1) is 0 Å². The van der Waals surface area contributed by atoms with Gasteiger partial charge in [-0.2, -0.15) is 0 Å². The summed E-state index contributed by atoms with van der Waals surface area (Å²) in [5.41, 5.74) is 2.89. The number of piperidine rings is 1. The fraction of sp³-hybridized carbons (Fsp3) is 0.524. The molecule has 0 unspecified atom stereocenters. The van der Waals surface area contributed by atoms with E-state index in [1.54, 1.807) is 11.8 Å². The van der Waals surface area contributed by atoms with E-state index in [1.807, 2.05) is 23.1 Å². The van der Waals surface area contributed by atoms with E-state index in [0.717, 1.165) is 49.7 Å². The normalized spacial score (nSPS) is 21.2. The van der Waals surface area contributed by atoms with Gasteiger partial charge in [0.15, 0.2) is 0 Å². The minimum atomic E-state index is -0.449. The van der Waals surface area contributed by atoms with Crippen LogP contribution in [0, 0.1) is 0 Å². The molecule has 0 radical (unpaired) electrons. The summed E-state index contributed by atoms with van der Waals surface area (Å²) in [4.78, 5) is 31.7. The number of likely N-dealkylation sites (tertiary alicyclic amines) is 2. The van der Waals surface area contributed by atoms with E-state index in [9.17, 15) is 14.0 Å². The van der Waals surface area contributed by atoms with Crippen LogP contribution in [0.5, 0.6) is 0 Å². The van der Waals surface area contributed by atoms with Crippen LogP contribution in [-0.2, 0) is 16.3 Å². The van der Waals surface area contributed by atoms with Crippen molar-refractivity contribution in [1.82, 2.24) is 14.8 Å².